The third-order valence-corrected chi connectivity index (χ3v) is 11.5. The van der Waals surface area contributed by atoms with Gasteiger partial charge >= 0.3 is 0 Å². The van der Waals surface area contributed by atoms with Crippen molar-refractivity contribution in [2.24, 2.45) is 0 Å². The molecule has 0 radical (unpaired) electrons. The number of fused-ring (bicyclic) bond motifs is 6. The van der Waals surface area contributed by atoms with Gasteiger partial charge in [0.15, 0.2) is 0 Å². The minimum Gasteiger partial charge on any atom is -0.310 e. The fourth-order valence-electron chi connectivity index (χ4n) is 8.65. The number of benzene rings is 9. The van der Waals surface area contributed by atoms with Crippen LogP contribution in [0.2, 0.25) is 0 Å². The van der Waals surface area contributed by atoms with Gasteiger partial charge in [0.05, 0.1) is 0 Å². The van der Waals surface area contributed by atoms with Gasteiger partial charge in [0.2, 0.25) is 0 Å². The summed E-state index contributed by atoms with van der Waals surface area (Å²) >= 11 is 0. The first-order chi connectivity index (χ1) is 26.5. The molecule has 0 amide bonds. The van der Waals surface area contributed by atoms with Crippen LogP contribution in [-0.4, -0.2) is 0 Å². The first-order valence-electron chi connectivity index (χ1n) is 18.8. The molecule has 0 aromatic heterocycles. The average molecular weight is 690 g/mol. The van der Waals surface area contributed by atoms with E-state index in [1.807, 2.05) is 0 Å². The Balaban J connectivity index is 1.08. The SMILES string of the molecule is CC1(C)c2ccccc2-c2ccc(N(c3ccc(-c4ccccc4)cc3)c3ccc(-c4ccc5c(c4)c(-c4ccccc4)cc4ccccc45)cc3)cc21. The maximum absolute atomic E-state index is 2.41. The highest BCUT2D eigenvalue weighted by molar-refractivity contribution is 6.14. The number of anilines is 3. The van der Waals surface area contributed by atoms with Gasteiger partial charge in [0, 0.05) is 22.5 Å². The summed E-state index contributed by atoms with van der Waals surface area (Å²) in [6.07, 6.45) is 0. The predicted octanol–water partition coefficient (Wildman–Crippen LogP) is 14.8. The molecular weight excluding hydrogens is 651 g/mol. The zero-order valence-corrected chi connectivity index (χ0v) is 30.5. The number of nitrogens with zero attached hydrogens (tertiary/aromatic N) is 1. The molecule has 0 atom stereocenters. The van der Waals surface area contributed by atoms with Crippen molar-refractivity contribution in [3.05, 3.63) is 211 Å². The summed E-state index contributed by atoms with van der Waals surface area (Å²) < 4.78 is 0. The molecule has 9 aromatic rings. The van der Waals surface area contributed by atoms with E-state index in [1.54, 1.807) is 0 Å². The van der Waals surface area contributed by atoms with Gasteiger partial charge in [-0.3, -0.25) is 0 Å². The molecule has 0 spiro atoms. The van der Waals surface area contributed by atoms with Crippen molar-refractivity contribution in [3.63, 3.8) is 0 Å². The monoisotopic (exact) mass is 689 g/mol. The second kappa shape index (κ2) is 12.8. The fourth-order valence-corrected chi connectivity index (χ4v) is 8.65. The molecule has 54 heavy (non-hydrogen) atoms. The Morgan fingerprint density at radius 2 is 0.852 bits per heavy atom. The maximum atomic E-state index is 2.41. The number of hydrogen-bond donors (Lipinski definition) is 0. The number of rotatable bonds is 6. The van der Waals surface area contributed by atoms with Crippen molar-refractivity contribution >= 4 is 38.6 Å². The molecule has 0 unspecified atom stereocenters. The molecule has 1 aliphatic carbocycles. The highest BCUT2D eigenvalue weighted by atomic mass is 15.1. The summed E-state index contributed by atoms with van der Waals surface area (Å²) in [6, 6.07) is 73.4. The molecule has 9 aromatic carbocycles. The van der Waals surface area contributed by atoms with Crippen LogP contribution in [-0.2, 0) is 5.41 Å². The van der Waals surface area contributed by atoms with Crippen LogP contribution in [0.15, 0.2) is 200 Å². The Bertz CT molecular complexity index is 2810. The van der Waals surface area contributed by atoms with Crippen LogP contribution in [0.25, 0.3) is 66.1 Å². The largest absolute Gasteiger partial charge is 0.310 e. The molecular formula is C53H39N. The van der Waals surface area contributed by atoms with Gasteiger partial charge in [-0.15, -0.1) is 0 Å². The van der Waals surface area contributed by atoms with Crippen LogP contribution in [0.1, 0.15) is 25.0 Å². The van der Waals surface area contributed by atoms with E-state index >= 15 is 0 Å². The van der Waals surface area contributed by atoms with Gasteiger partial charge in [-0.25, -0.2) is 0 Å². The van der Waals surface area contributed by atoms with Crippen molar-refractivity contribution in [3.8, 4) is 44.5 Å². The van der Waals surface area contributed by atoms with E-state index in [0.717, 1.165) is 17.1 Å². The minimum atomic E-state index is -0.0886. The summed E-state index contributed by atoms with van der Waals surface area (Å²) in [5.41, 5.74) is 16.0. The third-order valence-electron chi connectivity index (χ3n) is 11.5. The van der Waals surface area contributed by atoms with E-state index in [0.29, 0.717) is 0 Å². The lowest BCUT2D eigenvalue weighted by atomic mass is 9.82. The second-order valence-electron chi connectivity index (χ2n) is 15.0. The highest BCUT2D eigenvalue weighted by Crippen LogP contribution is 2.50. The molecule has 10 rings (SSSR count). The summed E-state index contributed by atoms with van der Waals surface area (Å²) in [5.74, 6) is 0. The summed E-state index contributed by atoms with van der Waals surface area (Å²) in [5, 5.41) is 5.09. The van der Waals surface area contributed by atoms with Crippen molar-refractivity contribution in [2.45, 2.75) is 19.3 Å². The van der Waals surface area contributed by atoms with E-state index in [1.165, 1.54) is 77.2 Å². The molecule has 1 aliphatic rings. The zero-order valence-electron chi connectivity index (χ0n) is 30.5. The normalized spacial score (nSPS) is 12.8. The molecule has 1 heteroatoms. The van der Waals surface area contributed by atoms with E-state index in [2.05, 4.69) is 219 Å². The second-order valence-corrected chi connectivity index (χ2v) is 15.0. The van der Waals surface area contributed by atoms with Gasteiger partial charge in [-0.1, -0.05) is 166 Å². The van der Waals surface area contributed by atoms with E-state index in [4.69, 9.17) is 0 Å². The predicted molar refractivity (Wildman–Crippen MR) is 230 cm³/mol. The van der Waals surface area contributed by atoms with Gasteiger partial charge < -0.3 is 4.90 Å². The molecule has 0 bridgehead atoms. The van der Waals surface area contributed by atoms with Crippen molar-refractivity contribution in [2.75, 3.05) is 4.90 Å². The fraction of sp³-hybridized carbons (Fsp3) is 0.0566. The Morgan fingerprint density at radius 1 is 0.315 bits per heavy atom. The highest BCUT2D eigenvalue weighted by Gasteiger charge is 2.35. The average Bonchev–Trinajstić information content (AvgIpc) is 3.47. The standard InChI is InChI=1S/C53H39N/c1-53(2)51-20-12-11-19-47(51)48-32-30-44(35-52(48)53)54(42-26-21-37(22-27-42)36-13-5-3-6-14-36)43-28-23-38(24-29-43)40-25-31-46-45-18-10-9-17-41(45)34-49(50(46)33-40)39-15-7-4-8-16-39/h3-35H,1-2H3. The summed E-state index contributed by atoms with van der Waals surface area (Å²) in [4.78, 5) is 2.40. The first kappa shape index (κ1) is 32.0. The van der Waals surface area contributed by atoms with Crippen LogP contribution < -0.4 is 4.90 Å². The van der Waals surface area contributed by atoms with Crippen LogP contribution in [0, 0.1) is 0 Å². The molecule has 0 saturated heterocycles. The van der Waals surface area contributed by atoms with Crippen LogP contribution in [0.4, 0.5) is 17.1 Å². The van der Waals surface area contributed by atoms with Gasteiger partial charge in [0.25, 0.3) is 0 Å². The van der Waals surface area contributed by atoms with Crippen molar-refractivity contribution < 1.29 is 0 Å². The zero-order chi connectivity index (χ0) is 36.2. The first-order valence-corrected chi connectivity index (χ1v) is 18.8. The quantitative estimate of drug-likeness (QED) is 0.157. The third kappa shape index (κ3) is 5.32. The van der Waals surface area contributed by atoms with E-state index < -0.39 is 0 Å². The topological polar surface area (TPSA) is 3.24 Å². The summed E-state index contributed by atoms with van der Waals surface area (Å²) in [6.45, 7) is 4.70. The Labute approximate surface area is 317 Å². The van der Waals surface area contributed by atoms with Crippen molar-refractivity contribution in [1.29, 1.82) is 0 Å². The van der Waals surface area contributed by atoms with Gasteiger partial charge in [0.1, 0.15) is 0 Å². The molecule has 0 heterocycles. The molecule has 0 saturated carbocycles. The van der Waals surface area contributed by atoms with E-state index in [9.17, 15) is 0 Å². The molecule has 1 nitrogen and oxygen atoms in total. The number of hydrogen-bond acceptors (Lipinski definition) is 1. The minimum absolute atomic E-state index is 0.0886. The Kier molecular flexibility index (Phi) is 7.56. The Morgan fingerprint density at radius 3 is 1.57 bits per heavy atom. The Hall–Kier alpha value is -6.70. The van der Waals surface area contributed by atoms with Gasteiger partial charge in [-0.05, 0) is 126 Å². The molecule has 0 N–H and O–H groups in total. The lowest BCUT2D eigenvalue weighted by molar-refractivity contribution is 0.660. The van der Waals surface area contributed by atoms with Gasteiger partial charge in [-0.2, -0.15) is 0 Å². The maximum Gasteiger partial charge on any atom is 0.0465 e. The summed E-state index contributed by atoms with van der Waals surface area (Å²) in [7, 11) is 0. The molecule has 0 aliphatic heterocycles. The smallest absolute Gasteiger partial charge is 0.0465 e. The van der Waals surface area contributed by atoms with E-state index in [-0.39, 0.29) is 5.41 Å². The molecule has 256 valence electrons. The lowest BCUT2D eigenvalue weighted by Crippen LogP contribution is -2.16. The molecule has 0 fully saturated rings. The lowest BCUT2D eigenvalue weighted by Gasteiger charge is -2.28. The van der Waals surface area contributed by atoms with Crippen LogP contribution in [0.5, 0.6) is 0 Å². The van der Waals surface area contributed by atoms with Crippen LogP contribution in [0.3, 0.4) is 0 Å². The van der Waals surface area contributed by atoms with Crippen LogP contribution >= 0.6 is 0 Å². The van der Waals surface area contributed by atoms with Crippen molar-refractivity contribution in [1.82, 2.24) is 0 Å².